The van der Waals surface area contributed by atoms with E-state index in [2.05, 4.69) is 19.2 Å². The SMILES string of the molecule is CC1CCCC1CNC(C)C12CC3CC(CC(C3)C1)C2. The van der Waals surface area contributed by atoms with Crippen molar-refractivity contribution < 1.29 is 0 Å². The van der Waals surface area contributed by atoms with Gasteiger partial charge in [-0.05, 0) is 93.4 Å². The van der Waals surface area contributed by atoms with Crippen LogP contribution in [0.3, 0.4) is 0 Å². The van der Waals surface area contributed by atoms with E-state index in [4.69, 9.17) is 0 Å². The molecule has 0 radical (unpaired) electrons. The van der Waals surface area contributed by atoms with E-state index in [1.54, 1.807) is 38.5 Å². The van der Waals surface area contributed by atoms with E-state index in [0.29, 0.717) is 5.41 Å². The average Bonchev–Trinajstić information content (AvgIpc) is 2.80. The van der Waals surface area contributed by atoms with Gasteiger partial charge in [-0.25, -0.2) is 0 Å². The lowest BCUT2D eigenvalue weighted by Crippen LogP contribution is -2.55. The Hall–Kier alpha value is -0.0400. The summed E-state index contributed by atoms with van der Waals surface area (Å²) in [5.41, 5.74) is 0.691. The summed E-state index contributed by atoms with van der Waals surface area (Å²) in [5, 5.41) is 4.01. The lowest BCUT2D eigenvalue weighted by molar-refractivity contribution is -0.0709. The van der Waals surface area contributed by atoms with E-state index in [1.807, 2.05) is 0 Å². The van der Waals surface area contributed by atoms with Crippen LogP contribution in [0.15, 0.2) is 0 Å². The molecule has 0 heterocycles. The molecule has 0 aromatic rings. The zero-order chi connectivity index (χ0) is 13.7. The Morgan fingerprint density at radius 1 is 1.00 bits per heavy atom. The molecule has 5 saturated carbocycles. The van der Waals surface area contributed by atoms with Crippen LogP contribution in [0.4, 0.5) is 0 Å². The van der Waals surface area contributed by atoms with E-state index in [0.717, 1.165) is 35.6 Å². The van der Waals surface area contributed by atoms with Crippen molar-refractivity contribution in [1.82, 2.24) is 5.32 Å². The van der Waals surface area contributed by atoms with Crippen LogP contribution in [0, 0.1) is 35.0 Å². The Bertz CT molecular complexity index is 325. The molecule has 1 N–H and O–H groups in total. The lowest BCUT2D eigenvalue weighted by atomic mass is 9.48. The minimum atomic E-state index is 0.691. The Morgan fingerprint density at radius 3 is 2.10 bits per heavy atom. The fourth-order valence-corrected chi connectivity index (χ4v) is 6.78. The molecule has 5 rings (SSSR count). The monoisotopic (exact) mass is 275 g/mol. The summed E-state index contributed by atoms with van der Waals surface area (Å²) >= 11 is 0. The maximum absolute atomic E-state index is 4.01. The lowest BCUT2D eigenvalue weighted by Gasteiger charge is -2.59. The summed E-state index contributed by atoms with van der Waals surface area (Å²) in [7, 11) is 0. The first-order valence-corrected chi connectivity index (χ1v) is 9.38. The third kappa shape index (κ3) is 2.25. The van der Waals surface area contributed by atoms with Gasteiger partial charge in [-0.1, -0.05) is 19.8 Å². The van der Waals surface area contributed by atoms with E-state index >= 15 is 0 Å². The predicted molar refractivity (Wildman–Crippen MR) is 84.6 cm³/mol. The standard InChI is InChI=1S/C19H33N/c1-13-4-3-5-18(13)12-20-14(2)19-9-15-6-16(10-19)8-17(7-15)11-19/h13-18,20H,3-12H2,1-2H3. The second-order valence-corrected chi connectivity index (χ2v) is 9.08. The van der Waals surface area contributed by atoms with E-state index in [-0.39, 0.29) is 0 Å². The van der Waals surface area contributed by atoms with Gasteiger partial charge in [0.15, 0.2) is 0 Å². The minimum absolute atomic E-state index is 0.691. The van der Waals surface area contributed by atoms with Crippen LogP contribution in [0.2, 0.25) is 0 Å². The number of hydrogen-bond donors (Lipinski definition) is 1. The normalized spacial score (nSPS) is 51.6. The Morgan fingerprint density at radius 2 is 1.60 bits per heavy atom. The molecule has 5 fully saturated rings. The third-order valence-electron chi connectivity index (χ3n) is 7.73. The van der Waals surface area contributed by atoms with Crippen molar-refractivity contribution in [2.24, 2.45) is 35.0 Å². The van der Waals surface area contributed by atoms with Gasteiger partial charge in [-0.15, -0.1) is 0 Å². The van der Waals surface area contributed by atoms with Crippen molar-refractivity contribution in [1.29, 1.82) is 0 Å². The number of nitrogens with one attached hydrogen (secondary N) is 1. The molecular formula is C19H33N. The van der Waals surface area contributed by atoms with Crippen molar-refractivity contribution in [3.05, 3.63) is 0 Å². The van der Waals surface area contributed by atoms with E-state index in [1.165, 1.54) is 25.8 Å². The van der Waals surface area contributed by atoms with Gasteiger partial charge in [0.1, 0.15) is 0 Å². The van der Waals surface area contributed by atoms with Crippen molar-refractivity contribution in [2.75, 3.05) is 6.54 Å². The smallest absolute Gasteiger partial charge is 0.00956 e. The molecule has 114 valence electrons. The Kier molecular flexibility index (Phi) is 3.41. The van der Waals surface area contributed by atoms with Crippen LogP contribution in [-0.4, -0.2) is 12.6 Å². The van der Waals surface area contributed by atoms with Crippen molar-refractivity contribution in [3.63, 3.8) is 0 Å². The number of rotatable bonds is 4. The summed E-state index contributed by atoms with van der Waals surface area (Å²) in [6.07, 6.45) is 13.8. The van der Waals surface area contributed by atoms with Crippen LogP contribution in [0.5, 0.6) is 0 Å². The first-order chi connectivity index (χ1) is 9.64. The molecule has 5 aliphatic rings. The van der Waals surface area contributed by atoms with Crippen LogP contribution < -0.4 is 5.32 Å². The van der Waals surface area contributed by atoms with Gasteiger partial charge in [0.25, 0.3) is 0 Å². The quantitative estimate of drug-likeness (QED) is 0.789. The molecule has 3 atom stereocenters. The summed E-state index contributed by atoms with van der Waals surface area (Å²) < 4.78 is 0. The Balaban J connectivity index is 1.39. The molecule has 20 heavy (non-hydrogen) atoms. The highest BCUT2D eigenvalue weighted by Crippen LogP contribution is 2.61. The molecule has 0 aromatic heterocycles. The zero-order valence-electron chi connectivity index (χ0n) is 13.5. The average molecular weight is 275 g/mol. The highest BCUT2D eigenvalue weighted by molar-refractivity contribution is 5.05. The first-order valence-electron chi connectivity index (χ1n) is 9.38. The molecular weight excluding hydrogens is 242 g/mol. The van der Waals surface area contributed by atoms with Gasteiger partial charge in [0, 0.05) is 6.04 Å². The maximum Gasteiger partial charge on any atom is 0.00956 e. The molecule has 0 saturated heterocycles. The molecule has 4 bridgehead atoms. The molecule has 0 amide bonds. The highest BCUT2D eigenvalue weighted by Gasteiger charge is 2.53. The molecule has 1 heteroatoms. The first kappa shape index (κ1) is 13.6. The summed E-state index contributed by atoms with van der Waals surface area (Å²) in [6.45, 7) is 6.28. The van der Waals surface area contributed by atoms with Gasteiger partial charge in [-0.3, -0.25) is 0 Å². The van der Waals surface area contributed by atoms with E-state index < -0.39 is 0 Å². The van der Waals surface area contributed by atoms with Gasteiger partial charge in [-0.2, -0.15) is 0 Å². The second kappa shape index (κ2) is 5.00. The maximum atomic E-state index is 4.01. The topological polar surface area (TPSA) is 12.0 Å². The molecule has 1 nitrogen and oxygen atoms in total. The molecule has 3 unspecified atom stereocenters. The number of hydrogen-bond acceptors (Lipinski definition) is 1. The summed E-state index contributed by atoms with van der Waals surface area (Å²) in [5.74, 6) is 5.21. The minimum Gasteiger partial charge on any atom is -0.313 e. The molecule has 5 aliphatic carbocycles. The second-order valence-electron chi connectivity index (χ2n) is 9.08. The van der Waals surface area contributed by atoms with E-state index in [9.17, 15) is 0 Å². The summed E-state index contributed by atoms with van der Waals surface area (Å²) in [4.78, 5) is 0. The van der Waals surface area contributed by atoms with Crippen LogP contribution >= 0.6 is 0 Å². The van der Waals surface area contributed by atoms with Gasteiger partial charge in [0.05, 0.1) is 0 Å². The van der Waals surface area contributed by atoms with Crippen LogP contribution in [0.25, 0.3) is 0 Å². The van der Waals surface area contributed by atoms with Gasteiger partial charge >= 0.3 is 0 Å². The Labute approximate surface area is 125 Å². The van der Waals surface area contributed by atoms with Crippen LogP contribution in [-0.2, 0) is 0 Å². The molecule has 0 aromatic carbocycles. The highest BCUT2D eigenvalue weighted by atomic mass is 14.9. The van der Waals surface area contributed by atoms with Crippen LogP contribution in [0.1, 0.15) is 71.6 Å². The third-order valence-corrected chi connectivity index (χ3v) is 7.73. The van der Waals surface area contributed by atoms with Gasteiger partial charge in [0.2, 0.25) is 0 Å². The van der Waals surface area contributed by atoms with Crippen molar-refractivity contribution in [2.45, 2.75) is 77.7 Å². The fraction of sp³-hybridized carbons (Fsp3) is 1.00. The largest absolute Gasteiger partial charge is 0.313 e. The molecule has 0 spiro atoms. The summed E-state index contributed by atoms with van der Waals surface area (Å²) in [6, 6.07) is 0.767. The van der Waals surface area contributed by atoms with Crippen molar-refractivity contribution >= 4 is 0 Å². The predicted octanol–water partition coefficient (Wildman–Crippen LogP) is 4.62. The molecule has 0 aliphatic heterocycles. The zero-order valence-corrected chi connectivity index (χ0v) is 13.5. The fourth-order valence-electron chi connectivity index (χ4n) is 6.78. The van der Waals surface area contributed by atoms with Crippen molar-refractivity contribution in [3.8, 4) is 0 Å². The van der Waals surface area contributed by atoms with Gasteiger partial charge < -0.3 is 5.32 Å².